The molecule has 0 saturated carbocycles. The van der Waals surface area contributed by atoms with Gasteiger partial charge in [-0.25, -0.2) is 10.3 Å². The molecule has 4 nitrogen and oxygen atoms in total. The van der Waals surface area contributed by atoms with Crippen LogP contribution in [0.15, 0.2) is 12.2 Å². The number of hydroxylamine groups is 1. The van der Waals surface area contributed by atoms with Crippen molar-refractivity contribution in [2.24, 2.45) is 0 Å². The fourth-order valence-corrected chi connectivity index (χ4v) is 0.866. The molecule has 0 fully saturated rings. The Morgan fingerprint density at radius 2 is 2.07 bits per heavy atom. The van der Waals surface area contributed by atoms with Crippen LogP contribution in [0, 0.1) is 0 Å². The molecule has 82 valence electrons. The molecule has 0 aromatic rings. The summed E-state index contributed by atoms with van der Waals surface area (Å²) >= 11 is 0. The first-order valence-corrected chi connectivity index (χ1v) is 4.77. The molecular weight excluding hydrogens is 182 g/mol. The van der Waals surface area contributed by atoms with E-state index in [1.807, 2.05) is 0 Å². The van der Waals surface area contributed by atoms with Crippen molar-refractivity contribution in [2.45, 2.75) is 26.2 Å². The Labute approximate surface area is 85.2 Å². The van der Waals surface area contributed by atoms with E-state index in [4.69, 9.17) is 4.74 Å². The molecule has 0 aromatic carbocycles. The Morgan fingerprint density at radius 1 is 1.36 bits per heavy atom. The van der Waals surface area contributed by atoms with Crippen molar-refractivity contribution in [3.8, 4) is 0 Å². The highest BCUT2D eigenvalue weighted by molar-refractivity contribution is 5.86. The third-order valence-electron chi connectivity index (χ3n) is 1.65. The Kier molecular flexibility index (Phi) is 8.17. The monoisotopic (exact) mass is 201 g/mol. The van der Waals surface area contributed by atoms with E-state index in [9.17, 15) is 4.79 Å². The Morgan fingerprint density at radius 3 is 2.64 bits per heavy atom. The molecule has 0 aliphatic rings. The van der Waals surface area contributed by atoms with Gasteiger partial charge in [0, 0.05) is 12.1 Å². The summed E-state index contributed by atoms with van der Waals surface area (Å²) in [5.41, 5.74) is 3.19. The van der Waals surface area contributed by atoms with Crippen LogP contribution in [0.4, 0.5) is 0 Å². The number of hydrogen-bond donors (Lipinski definition) is 1. The lowest BCUT2D eigenvalue weighted by atomic mass is 10.2. The van der Waals surface area contributed by atoms with Gasteiger partial charge in [-0.2, -0.15) is 0 Å². The quantitative estimate of drug-likeness (QED) is 0.279. The third-order valence-corrected chi connectivity index (χ3v) is 1.65. The van der Waals surface area contributed by atoms with Crippen LogP contribution in [0.1, 0.15) is 26.2 Å². The van der Waals surface area contributed by atoms with Gasteiger partial charge < -0.3 is 9.57 Å². The highest BCUT2D eigenvalue weighted by Crippen LogP contribution is 1.97. The maximum Gasteiger partial charge on any atom is 0.333 e. The van der Waals surface area contributed by atoms with E-state index in [2.05, 4.69) is 16.9 Å². The summed E-state index contributed by atoms with van der Waals surface area (Å²) in [6.07, 6.45) is 2.91. The lowest BCUT2D eigenvalue weighted by molar-refractivity contribution is -0.139. The SMILES string of the molecule is C=C(C)C(=O)OCCCCCNOC. The summed E-state index contributed by atoms with van der Waals surface area (Å²) in [6.45, 7) is 6.43. The molecule has 1 N–H and O–H groups in total. The van der Waals surface area contributed by atoms with Crippen LogP contribution in [0.2, 0.25) is 0 Å². The van der Waals surface area contributed by atoms with E-state index in [1.165, 1.54) is 0 Å². The van der Waals surface area contributed by atoms with E-state index in [1.54, 1.807) is 14.0 Å². The molecule has 0 aromatic heterocycles. The number of unbranched alkanes of at least 4 members (excludes halogenated alkanes) is 2. The number of hydrogen-bond acceptors (Lipinski definition) is 4. The molecular formula is C10H19NO3. The first kappa shape index (κ1) is 13.1. The molecule has 0 rings (SSSR count). The molecule has 0 aliphatic carbocycles. The number of carbonyl (C=O) groups excluding carboxylic acids is 1. The van der Waals surface area contributed by atoms with Crippen LogP contribution in [0.3, 0.4) is 0 Å². The Hall–Kier alpha value is -0.870. The molecule has 0 heterocycles. The molecule has 4 heteroatoms. The van der Waals surface area contributed by atoms with Crippen molar-refractivity contribution in [1.29, 1.82) is 0 Å². The fourth-order valence-electron chi connectivity index (χ4n) is 0.866. The van der Waals surface area contributed by atoms with E-state index < -0.39 is 0 Å². The summed E-state index contributed by atoms with van der Waals surface area (Å²) in [5, 5.41) is 0. The average molecular weight is 201 g/mol. The van der Waals surface area contributed by atoms with E-state index in [0.717, 1.165) is 25.8 Å². The fraction of sp³-hybridized carbons (Fsp3) is 0.700. The topological polar surface area (TPSA) is 47.6 Å². The van der Waals surface area contributed by atoms with Gasteiger partial charge in [-0.1, -0.05) is 6.58 Å². The van der Waals surface area contributed by atoms with Crippen LogP contribution in [0.5, 0.6) is 0 Å². The first-order valence-electron chi connectivity index (χ1n) is 4.77. The van der Waals surface area contributed by atoms with Crippen LogP contribution in [-0.2, 0) is 14.4 Å². The summed E-state index contributed by atoms with van der Waals surface area (Å²) in [6, 6.07) is 0. The zero-order valence-electron chi connectivity index (χ0n) is 8.97. The highest BCUT2D eigenvalue weighted by Gasteiger charge is 2.01. The minimum atomic E-state index is -0.306. The molecule has 0 spiro atoms. The molecule has 0 unspecified atom stereocenters. The summed E-state index contributed by atoms with van der Waals surface area (Å²) in [7, 11) is 1.59. The maximum atomic E-state index is 10.9. The van der Waals surface area contributed by atoms with Crippen LogP contribution in [0.25, 0.3) is 0 Å². The van der Waals surface area contributed by atoms with Crippen molar-refractivity contribution < 1.29 is 14.4 Å². The minimum Gasteiger partial charge on any atom is -0.462 e. The average Bonchev–Trinajstić information content (AvgIpc) is 2.16. The van der Waals surface area contributed by atoms with Crippen molar-refractivity contribution >= 4 is 5.97 Å². The zero-order valence-corrected chi connectivity index (χ0v) is 8.97. The summed E-state index contributed by atoms with van der Waals surface area (Å²) in [5.74, 6) is -0.306. The number of rotatable bonds is 8. The zero-order chi connectivity index (χ0) is 10.8. The van der Waals surface area contributed by atoms with Crippen LogP contribution < -0.4 is 5.48 Å². The highest BCUT2D eigenvalue weighted by atomic mass is 16.6. The Bertz CT molecular complexity index is 180. The van der Waals surface area contributed by atoms with E-state index >= 15 is 0 Å². The standard InChI is InChI=1S/C10H19NO3/c1-9(2)10(12)14-8-6-4-5-7-11-13-3/h11H,1,4-8H2,2-3H3. The van der Waals surface area contributed by atoms with Gasteiger partial charge in [-0.15, -0.1) is 0 Å². The normalized spacial score (nSPS) is 9.86. The number of esters is 1. The van der Waals surface area contributed by atoms with Gasteiger partial charge in [0.2, 0.25) is 0 Å². The predicted molar refractivity (Wildman–Crippen MR) is 54.6 cm³/mol. The van der Waals surface area contributed by atoms with Crippen molar-refractivity contribution in [3.63, 3.8) is 0 Å². The summed E-state index contributed by atoms with van der Waals surface area (Å²) < 4.78 is 4.92. The molecule has 14 heavy (non-hydrogen) atoms. The van der Waals surface area contributed by atoms with Gasteiger partial charge in [0.25, 0.3) is 0 Å². The number of ether oxygens (including phenoxy) is 1. The lowest BCUT2D eigenvalue weighted by Crippen LogP contribution is -2.13. The van der Waals surface area contributed by atoms with Gasteiger partial charge in [-0.3, -0.25) is 0 Å². The minimum absolute atomic E-state index is 0.306. The summed E-state index contributed by atoms with van der Waals surface area (Å²) in [4.78, 5) is 15.6. The van der Waals surface area contributed by atoms with Crippen LogP contribution >= 0.6 is 0 Å². The second-order valence-electron chi connectivity index (χ2n) is 3.08. The largest absolute Gasteiger partial charge is 0.462 e. The van der Waals surface area contributed by atoms with E-state index in [-0.39, 0.29) is 5.97 Å². The van der Waals surface area contributed by atoms with Crippen molar-refractivity contribution in [2.75, 3.05) is 20.3 Å². The number of nitrogens with one attached hydrogen (secondary N) is 1. The van der Waals surface area contributed by atoms with Gasteiger partial charge in [0.15, 0.2) is 0 Å². The molecule has 0 aliphatic heterocycles. The Balaban J connectivity index is 3.13. The lowest BCUT2D eigenvalue weighted by Gasteiger charge is -2.04. The molecule has 0 saturated heterocycles. The van der Waals surface area contributed by atoms with Gasteiger partial charge >= 0.3 is 5.97 Å². The maximum absolute atomic E-state index is 10.9. The second-order valence-corrected chi connectivity index (χ2v) is 3.08. The van der Waals surface area contributed by atoms with Crippen molar-refractivity contribution in [1.82, 2.24) is 5.48 Å². The smallest absolute Gasteiger partial charge is 0.333 e. The molecule has 0 amide bonds. The van der Waals surface area contributed by atoms with Crippen molar-refractivity contribution in [3.05, 3.63) is 12.2 Å². The predicted octanol–water partition coefficient (Wildman–Crippen LogP) is 1.43. The first-order chi connectivity index (χ1) is 6.68. The van der Waals surface area contributed by atoms with Gasteiger partial charge in [0.05, 0.1) is 13.7 Å². The second kappa shape index (κ2) is 8.72. The molecule has 0 atom stereocenters. The molecule has 0 radical (unpaired) electrons. The number of carbonyl (C=O) groups is 1. The van der Waals surface area contributed by atoms with Gasteiger partial charge in [0.1, 0.15) is 0 Å². The van der Waals surface area contributed by atoms with Crippen LogP contribution in [-0.4, -0.2) is 26.2 Å². The molecule has 0 bridgehead atoms. The third kappa shape index (κ3) is 7.76. The van der Waals surface area contributed by atoms with E-state index in [0.29, 0.717) is 12.2 Å². The van der Waals surface area contributed by atoms with Gasteiger partial charge in [-0.05, 0) is 26.2 Å².